The first-order valence-electron chi connectivity index (χ1n) is 7.63. The summed E-state index contributed by atoms with van der Waals surface area (Å²) < 4.78 is 4.62. The topological polar surface area (TPSA) is 80.7 Å². The van der Waals surface area contributed by atoms with E-state index in [0.717, 1.165) is 38.5 Å². The van der Waals surface area contributed by atoms with Gasteiger partial charge in [0, 0.05) is 6.42 Å². The Labute approximate surface area is 125 Å². The molecule has 0 amide bonds. The molecular formula is C16H24O5. The van der Waals surface area contributed by atoms with Crippen molar-refractivity contribution in [1.82, 2.24) is 0 Å². The van der Waals surface area contributed by atoms with Crippen molar-refractivity contribution in [2.45, 2.75) is 58.3 Å². The van der Waals surface area contributed by atoms with Crippen molar-refractivity contribution in [3.8, 4) is 0 Å². The Morgan fingerprint density at radius 1 is 1.29 bits per heavy atom. The predicted octanol–water partition coefficient (Wildman–Crippen LogP) is 3.08. The zero-order valence-electron chi connectivity index (χ0n) is 12.5. The van der Waals surface area contributed by atoms with Crippen molar-refractivity contribution in [1.29, 1.82) is 0 Å². The molecule has 0 bridgehead atoms. The van der Waals surface area contributed by atoms with Crippen LogP contribution in [0.25, 0.3) is 0 Å². The van der Waals surface area contributed by atoms with Gasteiger partial charge in [-0.15, -0.1) is 0 Å². The lowest BCUT2D eigenvalue weighted by molar-refractivity contribution is -0.153. The van der Waals surface area contributed by atoms with E-state index in [1.165, 1.54) is 0 Å². The monoisotopic (exact) mass is 296 g/mol. The summed E-state index contributed by atoms with van der Waals surface area (Å²) in [4.78, 5) is 33.1. The number of cyclic esters (lactones) is 2. The maximum atomic E-state index is 11.6. The van der Waals surface area contributed by atoms with Crippen molar-refractivity contribution >= 4 is 17.9 Å². The fourth-order valence-corrected chi connectivity index (χ4v) is 2.68. The number of carbonyl (C=O) groups is 3. The number of carbonyl (C=O) groups excluding carboxylic acids is 2. The van der Waals surface area contributed by atoms with Crippen LogP contribution < -0.4 is 0 Å². The fraction of sp³-hybridized carbons (Fsp3) is 0.688. The van der Waals surface area contributed by atoms with Gasteiger partial charge in [-0.1, -0.05) is 37.8 Å². The van der Waals surface area contributed by atoms with Crippen molar-refractivity contribution < 1.29 is 24.2 Å². The molecule has 2 unspecified atom stereocenters. The highest BCUT2D eigenvalue weighted by Gasteiger charge is 2.37. The Morgan fingerprint density at radius 2 is 1.95 bits per heavy atom. The second-order valence-corrected chi connectivity index (χ2v) is 5.49. The van der Waals surface area contributed by atoms with E-state index in [4.69, 9.17) is 5.11 Å². The molecule has 1 fully saturated rings. The summed E-state index contributed by atoms with van der Waals surface area (Å²) in [7, 11) is 0. The van der Waals surface area contributed by atoms with Crippen LogP contribution in [0.1, 0.15) is 58.3 Å². The van der Waals surface area contributed by atoms with Crippen molar-refractivity contribution in [3.05, 3.63) is 12.2 Å². The number of aliphatic carboxylic acids is 1. The van der Waals surface area contributed by atoms with Crippen molar-refractivity contribution in [2.24, 2.45) is 11.8 Å². The molecule has 0 aromatic rings. The Morgan fingerprint density at radius 3 is 2.52 bits per heavy atom. The van der Waals surface area contributed by atoms with Gasteiger partial charge >= 0.3 is 17.9 Å². The zero-order valence-corrected chi connectivity index (χ0v) is 12.5. The Hall–Kier alpha value is -1.65. The van der Waals surface area contributed by atoms with E-state index in [0.29, 0.717) is 0 Å². The molecule has 1 aliphatic heterocycles. The predicted molar refractivity (Wildman–Crippen MR) is 77.5 cm³/mol. The van der Waals surface area contributed by atoms with Gasteiger partial charge in [0.2, 0.25) is 0 Å². The number of esters is 2. The molecule has 21 heavy (non-hydrogen) atoms. The number of ether oxygens (including phenoxy) is 1. The Bertz CT molecular complexity index is 399. The number of unbranched alkanes of at least 4 members (excludes halogenated alkanes) is 4. The highest BCUT2D eigenvalue weighted by Crippen LogP contribution is 2.29. The summed E-state index contributed by atoms with van der Waals surface area (Å²) in [5.74, 6) is -1.83. The fourth-order valence-electron chi connectivity index (χ4n) is 2.68. The van der Waals surface area contributed by atoms with Crippen LogP contribution in [0.15, 0.2) is 12.2 Å². The smallest absolute Gasteiger partial charge is 0.317 e. The van der Waals surface area contributed by atoms with Gasteiger partial charge in [0.25, 0.3) is 0 Å². The van der Waals surface area contributed by atoms with E-state index in [1.807, 2.05) is 19.1 Å². The minimum Gasteiger partial charge on any atom is -0.481 e. The maximum Gasteiger partial charge on any atom is 0.317 e. The van der Waals surface area contributed by atoms with E-state index in [1.54, 1.807) is 0 Å². The van der Waals surface area contributed by atoms with Gasteiger partial charge in [0.15, 0.2) is 0 Å². The van der Waals surface area contributed by atoms with E-state index in [-0.39, 0.29) is 24.7 Å². The minimum atomic E-state index is -0.743. The molecule has 0 aromatic carbocycles. The molecule has 1 saturated heterocycles. The van der Waals surface area contributed by atoms with Crippen LogP contribution in [0.2, 0.25) is 0 Å². The number of hydrogen-bond acceptors (Lipinski definition) is 4. The molecular weight excluding hydrogens is 272 g/mol. The normalized spacial score (nSPS) is 20.0. The van der Waals surface area contributed by atoms with E-state index >= 15 is 0 Å². The molecule has 118 valence electrons. The Kier molecular flexibility index (Phi) is 7.72. The number of allylic oxidation sites excluding steroid dienone is 2. The third kappa shape index (κ3) is 6.56. The minimum absolute atomic E-state index is 0.0629. The summed E-state index contributed by atoms with van der Waals surface area (Å²) in [5.41, 5.74) is 0. The lowest BCUT2D eigenvalue weighted by Gasteiger charge is -2.16. The van der Waals surface area contributed by atoms with Gasteiger partial charge < -0.3 is 9.84 Å². The molecule has 1 rings (SSSR count). The molecule has 0 radical (unpaired) electrons. The SMILES string of the molecule is C/C=C/C(CCCCCCCC(=O)O)C1CC(=O)OC1=O. The van der Waals surface area contributed by atoms with Crippen LogP contribution in [0, 0.1) is 11.8 Å². The third-order valence-electron chi connectivity index (χ3n) is 3.79. The second kappa shape index (κ2) is 9.32. The quantitative estimate of drug-likeness (QED) is 0.290. The van der Waals surface area contributed by atoms with E-state index in [2.05, 4.69) is 4.74 Å². The van der Waals surface area contributed by atoms with Crippen LogP contribution in [-0.2, 0) is 19.1 Å². The lowest BCUT2D eigenvalue weighted by Crippen LogP contribution is -2.17. The lowest BCUT2D eigenvalue weighted by atomic mass is 9.86. The average Bonchev–Trinajstić information content (AvgIpc) is 2.75. The highest BCUT2D eigenvalue weighted by molar-refractivity contribution is 5.94. The van der Waals surface area contributed by atoms with Gasteiger partial charge in [-0.25, -0.2) is 0 Å². The number of rotatable bonds is 10. The van der Waals surface area contributed by atoms with Gasteiger partial charge in [0.1, 0.15) is 0 Å². The molecule has 1 heterocycles. The van der Waals surface area contributed by atoms with Gasteiger partial charge in [-0.2, -0.15) is 0 Å². The molecule has 2 atom stereocenters. The van der Waals surface area contributed by atoms with Crippen molar-refractivity contribution in [2.75, 3.05) is 0 Å². The summed E-state index contributed by atoms with van der Waals surface area (Å²) in [6.45, 7) is 1.90. The summed E-state index contributed by atoms with van der Waals surface area (Å²) in [6, 6.07) is 0. The Balaban J connectivity index is 2.24. The van der Waals surface area contributed by atoms with Crippen LogP contribution >= 0.6 is 0 Å². The number of carboxylic acids is 1. The van der Waals surface area contributed by atoms with E-state index in [9.17, 15) is 14.4 Å². The summed E-state index contributed by atoms with van der Waals surface area (Å²) in [5, 5.41) is 8.54. The standard InChI is InChI=1S/C16H24O5/c1-2-8-12(13-11-15(19)21-16(13)20)9-6-4-3-5-7-10-14(17)18/h2,8,12-13H,3-7,9-11H2,1H3,(H,17,18)/b8-2+. The third-order valence-corrected chi connectivity index (χ3v) is 3.79. The molecule has 1 aliphatic rings. The molecule has 0 spiro atoms. The van der Waals surface area contributed by atoms with Gasteiger partial charge in [0.05, 0.1) is 12.3 Å². The maximum absolute atomic E-state index is 11.6. The van der Waals surface area contributed by atoms with Crippen LogP contribution in [0.4, 0.5) is 0 Å². The molecule has 5 nitrogen and oxygen atoms in total. The molecule has 0 aromatic heterocycles. The average molecular weight is 296 g/mol. The number of carboxylic acid groups (broad SMARTS) is 1. The first kappa shape index (κ1) is 17.4. The largest absolute Gasteiger partial charge is 0.481 e. The van der Waals surface area contributed by atoms with Crippen LogP contribution in [0.3, 0.4) is 0 Å². The van der Waals surface area contributed by atoms with Crippen molar-refractivity contribution in [3.63, 3.8) is 0 Å². The second-order valence-electron chi connectivity index (χ2n) is 5.49. The molecule has 0 saturated carbocycles. The van der Waals surface area contributed by atoms with Gasteiger partial charge in [-0.05, 0) is 25.7 Å². The number of hydrogen-bond donors (Lipinski definition) is 1. The summed E-state index contributed by atoms with van der Waals surface area (Å²) >= 11 is 0. The van der Waals surface area contributed by atoms with Crippen LogP contribution in [0.5, 0.6) is 0 Å². The van der Waals surface area contributed by atoms with Crippen LogP contribution in [-0.4, -0.2) is 23.0 Å². The highest BCUT2D eigenvalue weighted by atomic mass is 16.6. The zero-order chi connectivity index (χ0) is 15.7. The first-order chi connectivity index (χ1) is 10.0. The molecule has 1 N–H and O–H groups in total. The van der Waals surface area contributed by atoms with Gasteiger partial charge in [-0.3, -0.25) is 14.4 Å². The first-order valence-corrected chi connectivity index (χ1v) is 7.63. The van der Waals surface area contributed by atoms with E-state index < -0.39 is 17.9 Å². The summed E-state index contributed by atoms with van der Waals surface area (Å²) in [6.07, 6.45) is 9.80. The molecule has 0 aliphatic carbocycles. The molecule has 5 heteroatoms.